The van der Waals surface area contributed by atoms with Crippen LogP contribution >= 0.6 is 0 Å². The van der Waals surface area contributed by atoms with Crippen LogP contribution in [0.5, 0.6) is 0 Å². The third-order valence-electron chi connectivity index (χ3n) is 5.60. The van der Waals surface area contributed by atoms with Crippen LogP contribution in [0.1, 0.15) is 11.1 Å². The Morgan fingerprint density at radius 1 is 0.630 bits per heavy atom. The molecule has 0 bridgehead atoms. The van der Waals surface area contributed by atoms with E-state index in [1.165, 1.54) is 32.9 Å². The van der Waals surface area contributed by atoms with E-state index in [1.54, 1.807) is 0 Å². The third kappa shape index (κ3) is 3.61. The number of rotatable bonds is 4. The van der Waals surface area contributed by atoms with Gasteiger partial charge in [0.2, 0.25) is 0 Å². The van der Waals surface area contributed by atoms with Gasteiger partial charge in [-0.15, -0.1) is 0 Å². The first-order chi connectivity index (χ1) is 12.9. The van der Waals surface area contributed by atoms with Gasteiger partial charge in [0.15, 0.2) is 0 Å². The highest BCUT2D eigenvalue weighted by Gasteiger charge is 2.19. The number of para-hydroxylation sites is 2. The van der Waals surface area contributed by atoms with Gasteiger partial charge < -0.3 is 22.4 Å². The maximum Gasteiger partial charge on any atom is 0.0457 e. The lowest BCUT2D eigenvalue weighted by Crippen LogP contribution is -3.00. The van der Waals surface area contributed by atoms with E-state index in [2.05, 4.69) is 80.7 Å². The maximum absolute atomic E-state index is 3.39. The topological polar surface area (TPSA) is 38.1 Å². The smallest absolute Gasteiger partial charge is 0.0457 e. The average Bonchev–Trinajstić information content (AvgIpc) is 3.28. The molecule has 0 saturated carbocycles. The molecule has 0 spiro atoms. The molecule has 0 radical (unpaired) electrons. The van der Waals surface area contributed by atoms with Crippen molar-refractivity contribution >= 4 is 21.8 Å². The molecule has 4 nitrogen and oxygen atoms in total. The number of nitrogens with zero attached hydrogens (tertiary/aromatic N) is 2. The highest BCUT2D eigenvalue weighted by Crippen LogP contribution is 2.22. The Morgan fingerprint density at radius 3 is 1.48 bits per heavy atom. The lowest BCUT2D eigenvalue weighted by Gasteiger charge is -2.34. The van der Waals surface area contributed by atoms with Gasteiger partial charge in [0, 0.05) is 73.5 Å². The summed E-state index contributed by atoms with van der Waals surface area (Å²) in [4.78, 5) is 11.9. The standard InChI is InChI=1S/C22H24N4.ClH/c1-3-7-21-19(5-1)17(13-23-21)15-25-9-11-26(12-10-25)16-18-14-24-22-8-4-2-6-20(18)22;/h1-8,13-14,23-24H,9-12,15-16H2;1H/p-1. The van der Waals surface area contributed by atoms with Gasteiger partial charge in [0.1, 0.15) is 0 Å². The van der Waals surface area contributed by atoms with Crippen molar-refractivity contribution in [1.82, 2.24) is 19.8 Å². The van der Waals surface area contributed by atoms with E-state index < -0.39 is 0 Å². The van der Waals surface area contributed by atoms with E-state index in [-0.39, 0.29) is 12.4 Å². The van der Waals surface area contributed by atoms with Crippen LogP contribution in [0.2, 0.25) is 0 Å². The number of nitrogens with one attached hydrogen (secondary N) is 2. The van der Waals surface area contributed by atoms with Gasteiger partial charge in [-0.05, 0) is 23.3 Å². The fourth-order valence-electron chi connectivity index (χ4n) is 4.11. The molecule has 5 heteroatoms. The van der Waals surface area contributed by atoms with E-state index >= 15 is 0 Å². The summed E-state index contributed by atoms with van der Waals surface area (Å²) in [5, 5.41) is 2.71. The van der Waals surface area contributed by atoms with Crippen LogP contribution in [0.25, 0.3) is 21.8 Å². The van der Waals surface area contributed by atoms with Gasteiger partial charge in [-0.25, -0.2) is 0 Å². The summed E-state index contributed by atoms with van der Waals surface area (Å²) in [6.07, 6.45) is 4.34. The number of H-pyrrole nitrogens is 2. The largest absolute Gasteiger partial charge is 1.00 e. The van der Waals surface area contributed by atoms with Crippen molar-refractivity contribution in [2.75, 3.05) is 26.2 Å². The lowest BCUT2D eigenvalue weighted by atomic mass is 10.1. The van der Waals surface area contributed by atoms with Gasteiger partial charge in [-0.3, -0.25) is 9.80 Å². The van der Waals surface area contributed by atoms with Crippen molar-refractivity contribution < 1.29 is 12.4 Å². The predicted molar refractivity (Wildman–Crippen MR) is 107 cm³/mol. The van der Waals surface area contributed by atoms with Gasteiger partial charge in [0.25, 0.3) is 0 Å². The quantitative estimate of drug-likeness (QED) is 0.554. The molecule has 1 fully saturated rings. The van der Waals surface area contributed by atoms with E-state index in [9.17, 15) is 0 Å². The highest BCUT2D eigenvalue weighted by atomic mass is 35.5. The molecule has 0 amide bonds. The summed E-state index contributed by atoms with van der Waals surface area (Å²) in [5.74, 6) is 0. The molecule has 140 valence electrons. The summed E-state index contributed by atoms with van der Waals surface area (Å²) in [6.45, 7) is 6.57. The van der Waals surface area contributed by atoms with Crippen LogP contribution in [-0.4, -0.2) is 45.9 Å². The molecule has 2 aromatic heterocycles. The fraction of sp³-hybridized carbons (Fsp3) is 0.273. The average molecular weight is 380 g/mol. The number of hydrogen-bond acceptors (Lipinski definition) is 2. The molecule has 1 aliphatic rings. The van der Waals surface area contributed by atoms with Crippen LogP contribution in [0.4, 0.5) is 0 Å². The Balaban J connectivity index is 0.00000180. The van der Waals surface area contributed by atoms with Gasteiger partial charge >= 0.3 is 0 Å². The Morgan fingerprint density at radius 2 is 1.04 bits per heavy atom. The summed E-state index contributed by atoms with van der Waals surface area (Å²) in [5.41, 5.74) is 5.29. The molecule has 27 heavy (non-hydrogen) atoms. The minimum atomic E-state index is 0. The second-order valence-electron chi connectivity index (χ2n) is 7.27. The van der Waals surface area contributed by atoms with Crippen molar-refractivity contribution in [3.8, 4) is 0 Å². The Labute approximate surface area is 165 Å². The summed E-state index contributed by atoms with van der Waals surface area (Å²) >= 11 is 0. The number of benzene rings is 2. The van der Waals surface area contributed by atoms with Gasteiger partial charge in [-0.2, -0.15) is 0 Å². The fourth-order valence-corrected chi connectivity index (χ4v) is 4.11. The zero-order valence-electron chi connectivity index (χ0n) is 15.3. The van der Waals surface area contributed by atoms with E-state index in [0.717, 1.165) is 39.3 Å². The number of aromatic amines is 2. The zero-order chi connectivity index (χ0) is 17.3. The SMILES string of the molecule is [Cl-].c1ccc2c(CN3CCN(Cc4c[nH]c5ccccc45)CC3)c[nH]c2c1. The molecule has 3 heterocycles. The molecule has 1 saturated heterocycles. The van der Waals surface area contributed by atoms with Crippen LogP contribution in [0.15, 0.2) is 60.9 Å². The van der Waals surface area contributed by atoms with E-state index in [0.29, 0.717) is 0 Å². The molecule has 2 N–H and O–H groups in total. The minimum absolute atomic E-state index is 0. The Kier molecular flexibility index (Phi) is 5.21. The first-order valence-electron chi connectivity index (χ1n) is 9.41. The number of aromatic nitrogens is 2. The molecule has 2 aromatic carbocycles. The van der Waals surface area contributed by atoms with Crippen molar-refractivity contribution in [3.05, 3.63) is 72.1 Å². The highest BCUT2D eigenvalue weighted by molar-refractivity contribution is 5.83. The third-order valence-corrected chi connectivity index (χ3v) is 5.60. The number of piperazine rings is 1. The monoisotopic (exact) mass is 379 g/mol. The normalized spacial score (nSPS) is 16.0. The Hall–Kier alpha value is -2.27. The molecular formula is C22H24ClN4-. The molecule has 4 aromatic rings. The molecule has 5 rings (SSSR count). The number of hydrogen-bond donors (Lipinski definition) is 2. The molecule has 1 aliphatic heterocycles. The molecule has 0 aliphatic carbocycles. The summed E-state index contributed by atoms with van der Waals surface area (Å²) in [6, 6.07) is 17.2. The van der Waals surface area contributed by atoms with E-state index in [4.69, 9.17) is 0 Å². The van der Waals surface area contributed by atoms with Crippen LogP contribution < -0.4 is 12.4 Å². The maximum atomic E-state index is 3.39. The van der Waals surface area contributed by atoms with E-state index in [1.807, 2.05) is 0 Å². The summed E-state index contributed by atoms with van der Waals surface area (Å²) in [7, 11) is 0. The predicted octanol–water partition coefficient (Wildman–Crippen LogP) is 0.971. The van der Waals surface area contributed by atoms with Crippen molar-refractivity contribution in [3.63, 3.8) is 0 Å². The first kappa shape index (κ1) is 18.1. The lowest BCUT2D eigenvalue weighted by molar-refractivity contribution is -0.00000523. The minimum Gasteiger partial charge on any atom is -1.00 e. The number of halogens is 1. The first-order valence-corrected chi connectivity index (χ1v) is 9.41. The molecule has 0 unspecified atom stereocenters. The second kappa shape index (κ2) is 7.77. The number of fused-ring (bicyclic) bond motifs is 2. The van der Waals surface area contributed by atoms with Crippen LogP contribution in [0.3, 0.4) is 0 Å². The van der Waals surface area contributed by atoms with Crippen LogP contribution in [0, 0.1) is 0 Å². The van der Waals surface area contributed by atoms with Gasteiger partial charge in [0.05, 0.1) is 0 Å². The van der Waals surface area contributed by atoms with Crippen molar-refractivity contribution in [2.24, 2.45) is 0 Å². The van der Waals surface area contributed by atoms with Crippen molar-refractivity contribution in [1.29, 1.82) is 0 Å². The Bertz CT molecular complexity index is 943. The zero-order valence-corrected chi connectivity index (χ0v) is 16.0. The van der Waals surface area contributed by atoms with Crippen molar-refractivity contribution in [2.45, 2.75) is 13.1 Å². The molecule has 0 atom stereocenters. The van der Waals surface area contributed by atoms with Crippen LogP contribution in [-0.2, 0) is 13.1 Å². The second-order valence-corrected chi connectivity index (χ2v) is 7.27. The van der Waals surface area contributed by atoms with Gasteiger partial charge in [-0.1, -0.05) is 36.4 Å². The molecular weight excluding hydrogens is 356 g/mol. The summed E-state index contributed by atoms with van der Waals surface area (Å²) < 4.78 is 0.